The Balaban J connectivity index is 1.24. The monoisotopic (exact) mass is 418 g/mol. The number of aromatic nitrogens is 2. The van der Waals surface area contributed by atoms with Crippen LogP contribution in [0, 0.1) is 5.92 Å². The zero-order chi connectivity index (χ0) is 21.5. The Morgan fingerprint density at radius 3 is 2.58 bits per heavy atom. The average Bonchev–Trinajstić information content (AvgIpc) is 3.31. The maximum atomic E-state index is 12.7. The van der Waals surface area contributed by atoms with Crippen LogP contribution in [0.25, 0.3) is 0 Å². The molecule has 1 aliphatic rings. The van der Waals surface area contributed by atoms with Crippen LogP contribution in [0.15, 0.2) is 73.1 Å². The number of piperidine rings is 1. The van der Waals surface area contributed by atoms with Crippen LogP contribution in [-0.2, 0) is 16.1 Å². The van der Waals surface area contributed by atoms with Crippen LogP contribution >= 0.6 is 0 Å². The van der Waals surface area contributed by atoms with Gasteiger partial charge in [-0.15, -0.1) is 0 Å². The number of hydrogen-bond donors (Lipinski definition) is 1. The second-order valence-electron chi connectivity index (χ2n) is 7.65. The number of likely N-dealkylation sites (tertiary alicyclic amines) is 1. The maximum Gasteiger partial charge on any atom is 0.260 e. The van der Waals surface area contributed by atoms with E-state index in [0.717, 1.165) is 11.3 Å². The number of hydrogen-bond acceptors (Lipinski definition) is 4. The SMILES string of the molecule is O=C(Nc1cccc(Cn2cccn2)c1)C1CCN(C(=O)COc2ccccc2)CC1. The third-order valence-electron chi connectivity index (χ3n) is 5.42. The van der Waals surface area contributed by atoms with Crippen molar-refractivity contribution in [1.29, 1.82) is 0 Å². The van der Waals surface area contributed by atoms with Gasteiger partial charge >= 0.3 is 0 Å². The molecule has 3 aromatic rings. The molecule has 0 radical (unpaired) electrons. The zero-order valence-corrected chi connectivity index (χ0v) is 17.3. The molecule has 7 nitrogen and oxygen atoms in total. The number of benzene rings is 2. The highest BCUT2D eigenvalue weighted by molar-refractivity contribution is 5.92. The molecule has 1 saturated heterocycles. The van der Waals surface area contributed by atoms with Gasteiger partial charge in [0.1, 0.15) is 5.75 Å². The second-order valence-corrected chi connectivity index (χ2v) is 7.65. The molecule has 1 aliphatic heterocycles. The van der Waals surface area contributed by atoms with Crippen LogP contribution < -0.4 is 10.1 Å². The van der Waals surface area contributed by atoms with Gasteiger partial charge < -0.3 is 15.0 Å². The van der Waals surface area contributed by atoms with Gasteiger partial charge in [0.2, 0.25) is 5.91 Å². The molecule has 2 heterocycles. The zero-order valence-electron chi connectivity index (χ0n) is 17.3. The molecule has 2 amide bonds. The molecule has 0 saturated carbocycles. The Morgan fingerprint density at radius 2 is 1.84 bits per heavy atom. The standard InChI is InChI=1S/C24H26N4O3/c29-23(18-31-22-8-2-1-3-9-22)27-14-10-20(11-15-27)24(30)26-21-7-4-6-19(16-21)17-28-13-5-12-25-28/h1-9,12-13,16,20H,10-11,14-15,17-18H2,(H,26,30). The van der Waals surface area contributed by atoms with Crippen molar-refractivity contribution in [3.63, 3.8) is 0 Å². The Morgan fingerprint density at radius 1 is 1.03 bits per heavy atom. The smallest absolute Gasteiger partial charge is 0.260 e. The molecule has 0 aliphatic carbocycles. The molecule has 0 unspecified atom stereocenters. The number of amides is 2. The number of nitrogens with one attached hydrogen (secondary N) is 1. The Bertz CT molecular complexity index is 997. The van der Waals surface area contributed by atoms with Crippen molar-refractivity contribution in [3.8, 4) is 5.75 Å². The first-order chi connectivity index (χ1) is 15.2. The van der Waals surface area contributed by atoms with Gasteiger partial charge in [0, 0.05) is 37.1 Å². The summed E-state index contributed by atoms with van der Waals surface area (Å²) in [4.78, 5) is 26.9. The first-order valence-corrected chi connectivity index (χ1v) is 10.5. The van der Waals surface area contributed by atoms with Crippen molar-refractivity contribution < 1.29 is 14.3 Å². The van der Waals surface area contributed by atoms with Crippen molar-refractivity contribution >= 4 is 17.5 Å². The molecule has 1 aromatic heterocycles. The molecule has 1 N–H and O–H groups in total. The molecule has 7 heteroatoms. The number of nitrogens with zero attached hydrogens (tertiary/aromatic N) is 3. The minimum Gasteiger partial charge on any atom is -0.484 e. The molecule has 160 valence electrons. The van der Waals surface area contributed by atoms with E-state index in [0.29, 0.717) is 38.2 Å². The third-order valence-corrected chi connectivity index (χ3v) is 5.42. The molecule has 31 heavy (non-hydrogen) atoms. The van der Waals surface area contributed by atoms with Crippen LogP contribution in [0.4, 0.5) is 5.69 Å². The minimum absolute atomic E-state index is 0.00359. The van der Waals surface area contributed by atoms with Gasteiger partial charge in [-0.3, -0.25) is 14.3 Å². The van der Waals surface area contributed by atoms with Crippen molar-refractivity contribution in [2.45, 2.75) is 19.4 Å². The molecule has 0 atom stereocenters. The summed E-state index contributed by atoms with van der Waals surface area (Å²) < 4.78 is 7.39. The van der Waals surface area contributed by atoms with Crippen LogP contribution in [0.2, 0.25) is 0 Å². The summed E-state index contributed by atoms with van der Waals surface area (Å²) >= 11 is 0. The third kappa shape index (κ3) is 5.72. The summed E-state index contributed by atoms with van der Waals surface area (Å²) in [5, 5.41) is 7.24. The first kappa shape index (κ1) is 20.7. The van der Waals surface area contributed by atoms with E-state index in [4.69, 9.17) is 4.74 Å². The lowest BCUT2D eigenvalue weighted by Gasteiger charge is -2.31. The number of carbonyl (C=O) groups excluding carboxylic acids is 2. The number of ether oxygens (including phenoxy) is 1. The van der Waals surface area contributed by atoms with Crippen molar-refractivity contribution in [2.75, 3.05) is 25.0 Å². The van der Waals surface area contributed by atoms with Crippen LogP contribution in [0.1, 0.15) is 18.4 Å². The van der Waals surface area contributed by atoms with Crippen molar-refractivity contribution in [3.05, 3.63) is 78.6 Å². The summed E-state index contributed by atoms with van der Waals surface area (Å²) in [7, 11) is 0. The van der Waals surface area contributed by atoms with Crippen molar-refractivity contribution in [2.24, 2.45) is 5.92 Å². The normalized spacial score (nSPS) is 14.3. The van der Waals surface area contributed by atoms with Gasteiger partial charge in [-0.25, -0.2) is 0 Å². The van der Waals surface area contributed by atoms with E-state index in [1.54, 1.807) is 11.1 Å². The van der Waals surface area contributed by atoms with Gasteiger partial charge in [0.15, 0.2) is 6.61 Å². The van der Waals surface area contributed by atoms with E-state index in [2.05, 4.69) is 10.4 Å². The molecule has 2 aromatic carbocycles. The van der Waals surface area contributed by atoms with Gasteiger partial charge in [-0.2, -0.15) is 5.10 Å². The van der Waals surface area contributed by atoms with E-state index in [9.17, 15) is 9.59 Å². The minimum atomic E-state index is -0.103. The first-order valence-electron chi connectivity index (χ1n) is 10.5. The van der Waals surface area contributed by atoms with Crippen LogP contribution in [-0.4, -0.2) is 46.2 Å². The lowest BCUT2D eigenvalue weighted by atomic mass is 9.95. The summed E-state index contributed by atoms with van der Waals surface area (Å²) in [6.45, 7) is 1.80. The molecular formula is C24H26N4O3. The van der Waals surface area contributed by atoms with Gasteiger partial charge in [0.05, 0.1) is 6.54 Å². The molecule has 4 rings (SSSR count). The quantitative estimate of drug-likeness (QED) is 0.639. The van der Waals surface area contributed by atoms with Crippen LogP contribution in [0.5, 0.6) is 5.75 Å². The number of anilines is 1. The number of carbonyl (C=O) groups is 2. The Labute approximate surface area is 181 Å². The Kier molecular flexibility index (Phi) is 6.62. The summed E-state index contributed by atoms with van der Waals surface area (Å²) in [6, 6.07) is 19.0. The van der Waals surface area contributed by atoms with E-state index >= 15 is 0 Å². The predicted octanol–water partition coefficient (Wildman–Crippen LogP) is 3.19. The highest BCUT2D eigenvalue weighted by atomic mass is 16.5. The van der Waals surface area contributed by atoms with Gasteiger partial charge in [0.25, 0.3) is 5.91 Å². The van der Waals surface area contributed by atoms with E-state index in [1.807, 2.05) is 71.5 Å². The van der Waals surface area contributed by atoms with Crippen molar-refractivity contribution in [1.82, 2.24) is 14.7 Å². The highest BCUT2D eigenvalue weighted by Crippen LogP contribution is 2.21. The summed E-state index contributed by atoms with van der Waals surface area (Å²) in [5.74, 6) is 0.534. The van der Waals surface area contributed by atoms with E-state index in [-0.39, 0.29) is 24.3 Å². The second kappa shape index (κ2) is 9.93. The fraction of sp³-hybridized carbons (Fsp3) is 0.292. The molecule has 0 spiro atoms. The Hall–Kier alpha value is -3.61. The lowest BCUT2D eigenvalue weighted by Crippen LogP contribution is -2.43. The molecule has 1 fully saturated rings. The summed E-state index contributed by atoms with van der Waals surface area (Å²) in [6.07, 6.45) is 4.95. The number of para-hydroxylation sites is 1. The summed E-state index contributed by atoms with van der Waals surface area (Å²) in [5.41, 5.74) is 1.85. The number of rotatable bonds is 7. The maximum absolute atomic E-state index is 12.7. The highest BCUT2D eigenvalue weighted by Gasteiger charge is 2.27. The topological polar surface area (TPSA) is 76.5 Å². The average molecular weight is 418 g/mol. The van der Waals surface area contributed by atoms with E-state index in [1.165, 1.54) is 0 Å². The van der Waals surface area contributed by atoms with Crippen LogP contribution in [0.3, 0.4) is 0 Å². The predicted molar refractivity (Wildman–Crippen MR) is 118 cm³/mol. The molecular weight excluding hydrogens is 392 g/mol. The largest absolute Gasteiger partial charge is 0.484 e. The molecule has 0 bridgehead atoms. The lowest BCUT2D eigenvalue weighted by molar-refractivity contribution is -0.136. The fourth-order valence-electron chi connectivity index (χ4n) is 3.72. The van der Waals surface area contributed by atoms with E-state index < -0.39 is 0 Å². The van der Waals surface area contributed by atoms with Gasteiger partial charge in [-0.1, -0.05) is 30.3 Å². The van der Waals surface area contributed by atoms with Gasteiger partial charge in [-0.05, 0) is 48.7 Å². The fourth-order valence-corrected chi connectivity index (χ4v) is 3.72.